The van der Waals surface area contributed by atoms with Crippen LogP contribution >= 0.6 is 0 Å². The van der Waals surface area contributed by atoms with Gasteiger partial charge in [-0.05, 0) is 60.3 Å². The van der Waals surface area contributed by atoms with Crippen LogP contribution < -0.4 is 15.2 Å². The normalized spacial score (nSPS) is 17.6. The van der Waals surface area contributed by atoms with Crippen molar-refractivity contribution in [3.05, 3.63) is 95.6 Å². The quantitative estimate of drug-likeness (QED) is 0.387. The maximum Gasteiger partial charge on any atom is 0.223 e. The van der Waals surface area contributed by atoms with Gasteiger partial charge in [-0.2, -0.15) is 0 Å². The Balaban J connectivity index is 1.77. The molecule has 3 aromatic carbocycles. The number of methoxy groups -OCH3 is 2. The molecule has 3 N–H and O–H groups in total. The second-order valence-electron chi connectivity index (χ2n) is 9.30. The van der Waals surface area contributed by atoms with Gasteiger partial charge in [0.05, 0.1) is 33.0 Å². The van der Waals surface area contributed by atoms with E-state index in [1.807, 2.05) is 78.9 Å². The van der Waals surface area contributed by atoms with Crippen molar-refractivity contribution in [1.29, 1.82) is 0 Å². The average Bonchev–Trinajstić information content (AvgIpc) is 3.33. The Morgan fingerprint density at radius 1 is 0.919 bits per heavy atom. The standard InChI is InChI=1S/C30H36N2O5/c1-35-27-14-10-23(11-15-27)30(22-7-4-3-5-8-22,24-12-16-28(36-2)17-13-24)37-21-25-19-26(33)20-32(25)29(34)9-6-18-31/h3-5,7-8,10-17,25-26,33H,6,9,18-21,31H2,1-2H3/t25-,26+/m0/s1. The van der Waals surface area contributed by atoms with Gasteiger partial charge in [0, 0.05) is 13.0 Å². The zero-order valence-corrected chi connectivity index (χ0v) is 21.5. The van der Waals surface area contributed by atoms with E-state index in [2.05, 4.69) is 0 Å². The van der Waals surface area contributed by atoms with Gasteiger partial charge in [-0.15, -0.1) is 0 Å². The molecular weight excluding hydrogens is 468 g/mol. The summed E-state index contributed by atoms with van der Waals surface area (Å²) in [5, 5.41) is 10.4. The van der Waals surface area contributed by atoms with Crippen LogP contribution in [0.5, 0.6) is 11.5 Å². The number of aliphatic hydroxyl groups is 1. The van der Waals surface area contributed by atoms with Crippen LogP contribution in [-0.4, -0.2) is 62.0 Å². The second kappa shape index (κ2) is 12.2. The van der Waals surface area contributed by atoms with Gasteiger partial charge in [0.15, 0.2) is 0 Å². The summed E-state index contributed by atoms with van der Waals surface area (Å²) < 4.78 is 17.8. The Morgan fingerprint density at radius 3 is 1.97 bits per heavy atom. The van der Waals surface area contributed by atoms with E-state index in [4.69, 9.17) is 19.9 Å². The fourth-order valence-electron chi connectivity index (χ4n) is 5.05. The van der Waals surface area contributed by atoms with Crippen LogP contribution in [0.4, 0.5) is 0 Å². The minimum absolute atomic E-state index is 0.00481. The molecule has 7 heteroatoms. The molecule has 37 heavy (non-hydrogen) atoms. The highest BCUT2D eigenvalue weighted by molar-refractivity contribution is 5.77. The number of likely N-dealkylation sites (tertiary alicyclic amines) is 1. The number of hydrogen-bond donors (Lipinski definition) is 2. The lowest BCUT2D eigenvalue weighted by Crippen LogP contribution is -2.42. The molecule has 0 unspecified atom stereocenters. The van der Waals surface area contributed by atoms with E-state index in [1.54, 1.807) is 19.1 Å². The highest BCUT2D eigenvalue weighted by Gasteiger charge is 2.41. The van der Waals surface area contributed by atoms with Crippen LogP contribution in [0, 0.1) is 0 Å². The molecule has 0 bridgehead atoms. The highest BCUT2D eigenvalue weighted by atomic mass is 16.5. The third kappa shape index (κ3) is 5.80. The van der Waals surface area contributed by atoms with Crippen LogP contribution in [0.1, 0.15) is 36.0 Å². The zero-order valence-electron chi connectivity index (χ0n) is 21.5. The molecule has 0 spiro atoms. The van der Waals surface area contributed by atoms with Crippen LogP contribution in [0.2, 0.25) is 0 Å². The first-order chi connectivity index (χ1) is 18.0. The van der Waals surface area contributed by atoms with E-state index in [0.717, 1.165) is 28.2 Å². The third-order valence-electron chi connectivity index (χ3n) is 6.97. The Hall–Kier alpha value is -3.39. The molecule has 4 rings (SSSR count). The maximum atomic E-state index is 12.9. The largest absolute Gasteiger partial charge is 0.497 e. The number of carbonyl (C=O) groups excluding carboxylic acids is 1. The molecule has 0 radical (unpaired) electrons. The zero-order chi connectivity index (χ0) is 26.3. The van der Waals surface area contributed by atoms with Gasteiger partial charge in [0.25, 0.3) is 0 Å². The minimum Gasteiger partial charge on any atom is -0.497 e. The molecule has 2 atom stereocenters. The summed E-state index contributed by atoms with van der Waals surface area (Å²) in [6, 6.07) is 25.5. The van der Waals surface area contributed by atoms with Crippen molar-refractivity contribution in [1.82, 2.24) is 4.90 Å². The summed E-state index contributed by atoms with van der Waals surface area (Å²) >= 11 is 0. The summed E-state index contributed by atoms with van der Waals surface area (Å²) in [7, 11) is 3.28. The molecule has 1 heterocycles. The predicted octanol–water partition coefficient (Wildman–Crippen LogP) is 3.71. The van der Waals surface area contributed by atoms with Crippen LogP contribution in [0.15, 0.2) is 78.9 Å². The molecule has 0 saturated carbocycles. The summed E-state index contributed by atoms with van der Waals surface area (Å²) in [6.45, 7) is 1.01. The molecule has 0 aromatic heterocycles. The lowest BCUT2D eigenvalue weighted by Gasteiger charge is -2.38. The molecule has 1 saturated heterocycles. The van der Waals surface area contributed by atoms with Crippen molar-refractivity contribution in [3.8, 4) is 11.5 Å². The van der Waals surface area contributed by atoms with Gasteiger partial charge in [0.2, 0.25) is 5.91 Å². The first-order valence-corrected chi connectivity index (χ1v) is 12.7. The number of hydrogen-bond acceptors (Lipinski definition) is 6. The first kappa shape index (κ1) is 26.7. The Labute approximate surface area is 218 Å². The van der Waals surface area contributed by atoms with Crippen molar-refractivity contribution < 1.29 is 24.1 Å². The lowest BCUT2D eigenvalue weighted by molar-refractivity contribution is -0.134. The number of amides is 1. The van der Waals surface area contributed by atoms with Gasteiger partial charge in [-0.1, -0.05) is 54.6 Å². The van der Waals surface area contributed by atoms with E-state index in [-0.39, 0.29) is 18.6 Å². The Kier molecular flexibility index (Phi) is 8.82. The fourth-order valence-corrected chi connectivity index (χ4v) is 5.05. The van der Waals surface area contributed by atoms with E-state index >= 15 is 0 Å². The van der Waals surface area contributed by atoms with Crippen LogP contribution in [0.3, 0.4) is 0 Å². The number of aliphatic hydroxyl groups excluding tert-OH is 1. The van der Waals surface area contributed by atoms with Gasteiger partial charge < -0.3 is 30.0 Å². The summed E-state index contributed by atoms with van der Waals surface area (Å²) in [6.07, 6.45) is 0.860. The molecule has 1 fully saturated rings. The molecule has 0 aliphatic carbocycles. The van der Waals surface area contributed by atoms with Crippen molar-refractivity contribution >= 4 is 5.91 Å². The number of nitrogens with two attached hydrogens (primary N) is 1. The van der Waals surface area contributed by atoms with E-state index in [1.165, 1.54) is 0 Å². The van der Waals surface area contributed by atoms with Crippen molar-refractivity contribution in [2.45, 2.75) is 37.0 Å². The predicted molar refractivity (Wildman–Crippen MR) is 143 cm³/mol. The average molecular weight is 505 g/mol. The summed E-state index contributed by atoms with van der Waals surface area (Å²) in [5.41, 5.74) is 7.44. The highest BCUT2D eigenvalue weighted by Crippen LogP contribution is 2.42. The van der Waals surface area contributed by atoms with Crippen molar-refractivity contribution in [2.24, 2.45) is 5.73 Å². The van der Waals surface area contributed by atoms with Gasteiger partial charge in [-0.25, -0.2) is 0 Å². The topological polar surface area (TPSA) is 94.2 Å². The SMILES string of the molecule is COc1ccc(C(OC[C@@H]2C[C@@H](O)CN2C(=O)CCCN)(c2ccccc2)c2ccc(OC)cc2)cc1. The fraction of sp³-hybridized carbons (Fsp3) is 0.367. The molecule has 1 aliphatic heterocycles. The molecular formula is C30H36N2O5. The maximum absolute atomic E-state index is 12.9. The van der Waals surface area contributed by atoms with Crippen LogP contribution in [-0.2, 0) is 15.1 Å². The number of benzene rings is 3. The van der Waals surface area contributed by atoms with E-state index in [9.17, 15) is 9.90 Å². The monoisotopic (exact) mass is 504 g/mol. The third-order valence-corrected chi connectivity index (χ3v) is 6.97. The Bertz CT molecular complexity index is 1090. The summed E-state index contributed by atoms with van der Waals surface area (Å²) in [4.78, 5) is 14.7. The molecule has 1 amide bonds. The number of carbonyl (C=O) groups is 1. The first-order valence-electron chi connectivity index (χ1n) is 12.7. The number of ether oxygens (including phenoxy) is 3. The van der Waals surface area contributed by atoms with E-state index in [0.29, 0.717) is 32.4 Å². The summed E-state index contributed by atoms with van der Waals surface area (Å²) in [5.74, 6) is 1.49. The number of β-amino-alcohol motifs (C(OH)–C–C–N with tert-alkyl or cyclic N) is 1. The van der Waals surface area contributed by atoms with Crippen molar-refractivity contribution in [2.75, 3.05) is 33.9 Å². The van der Waals surface area contributed by atoms with E-state index < -0.39 is 11.7 Å². The second-order valence-corrected chi connectivity index (χ2v) is 9.30. The number of rotatable bonds is 11. The van der Waals surface area contributed by atoms with Gasteiger partial charge in [0.1, 0.15) is 17.1 Å². The van der Waals surface area contributed by atoms with Gasteiger partial charge in [-0.3, -0.25) is 4.79 Å². The molecule has 1 aliphatic rings. The Morgan fingerprint density at radius 2 is 1.46 bits per heavy atom. The molecule has 196 valence electrons. The van der Waals surface area contributed by atoms with Crippen LogP contribution in [0.25, 0.3) is 0 Å². The molecule has 7 nitrogen and oxygen atoms in total. The lowest BCUT2D eigenvalue weighted by atomic mass is 9.80. The van der Waals surface area contributed by atoms with Crippen molar-refractivity contribution in [3.63, 3.8) is 0 Å². The molecule has 3 aromatic rings. The number of nitrogens with zero attached hydrogens (tertiary/aromatic N) is 1. The smallest absolute Gasteiger partial charge is 0.223 e. The minimum atomic E-state index is -0.973. The van der Waals surface area contributed by atoms with Gasteiger partial charge >= 0.3 is 0 Å².